The number of hydrogen-bond acceptors (Lipinski definition) is 3. The first kappa shape index (κ1) is 19.0. The summed E-state index contributed by atoms with van der Waals surface area (Å²) in [4.78, 5) is 30.1. The molecule has 2 N–H and O–H groups in total. The van der Waals surface area contributed by atoms with E-state index in [0.29, 0.717) is 29.4 Å². The highest BCUT2D eigenvalue weighted by Crippen LogP contribution is 2.29. The normalized spacial score (nSPS) is 16.0. The fourth-order valence-corrected chi connectivity index (χ4v) is 3.80. The lowest BCUT2D eigenvalue weighted by molar-refractivity contribution is -0.119. The lowest BCUT2D eigenvalue weighted by Gasteiger charge is -2.16. The number of hydrogen-bond donors (Lipinski definition) is 2. The quantitative estimate of drug-likeness (QED) is 0.685. The van der Waals surface area contributed by atoms with E-state index in [2.05, 4.69) is 10.3 Å². The van der Waals surface area contributed by atoms with E-state index in [1.807, 2.05) is 24.3 Å². The van der Waals surface area contributed by atoms with Gasteiger partial charge in [0, 0.05) is 29.7 Å². The number of halogens is 2. The molecule has 4 rings (SSSR count). The maximum absolute atomic E-state index is 13.4. The third kappa shape index (κ3) is 3.55. The Hall–Kier alpha value is -3.37. The SMILES string of the molecule is N#Cc1cc(NC(=O)[C@H]2CCN(C(=O)c3[nH]c4ccccc4c3Cl)C2)ccc1F. The minimum Gasteiger partial charge on any atom is -0.349 e. The summed E-state index contributed by atoms with van der Waals surface area (Å²) in [6.45, 7) is 0.679. The minimum absolute atomic E-state index is 0.139. The molecule has 1 aromatic heterocycles. The van der Waals surface area contributed by atoms with Crippen LogP contribution in [-0.4, -0.2) is 34.8 Å². The first-order valence-electron chi connectivity index (χ1n) is 9.04. The van der Waals surface area contributed by atoms with Gasteiger partial charge in [-0.2, -0.15) is 5.26 Å². The van der Waals surface area contributed by atoms with Gasteiger partial charge in [-0.3, -0.25) is 9.59 Å². The standard InChI is InChI=1S/C21H16ClFN4O2/c22-18-15-3-1-2-4-17(15)26-19(18)21(29)27-8-7-12(11-27)20(28)25-14-5-6-16(23)13(9-14)10-24/h1-6,9,12,26H,7-8,11H2,(H,25,28)/t12-/m0/s1. The van der Waals surface area contributed by atoms with Crippen molar-refractivity contribution in [3.63, 3.8) is 0 Å². The molecule has 0 saturated carbocycles. The van der Waals surface area contributed by atoms with Gasteiger partial charge in [-0.05, 0) is 30.7 Å². The van der Waals surface area contributed by atoms with E-state index in [1.54, 1.807) is 11.0 Å². The fourth-order valence-electron chi connectivity index (χ4n) is 3.50. The van der Waals surface area contributed by atoms with Crippen LogP contribution in [0.3, 0.4) is 0 Å². The van der Waals surface area contributed by atoms with Gasteiger partial charge in [0.1, 0.15) is 17.6 Å². The van der Waals surface area contributed by atoms with Gasteiger partial charge >= 0.3 is 0 Å². The lowest BCUT2D eigenvalue weighted by atomic mass is 10.1. The molecule has 1 atom stereocenters. The Balaban J connectivity index is 1.45. The van der Waals surface area contributed by atoms with Crippen LogP contribution in [0.15, 0.2) is 42.5 Å². The molecule has 0 radical (unpaired) electrons. The van der Waals surface area contributed by atoms with Gasteiger partial charge in [-0.1, -0.05) is 29.8 Å². The number of carbonyl (C=O) groups is 2. The number of anilines is 1. The van der Waals surface area contributed by atoms with Crippen LogP contribution >= 0.6 is 11.6 Å². The highest BCUT2D eigenvalue weighted by atomic mass is 35.5. The maximum Gasteiger partial charge on any atom is 0.271 e. The molecule has 0 aliphatic carbocycles. The molecule has 3 aromatic rings. The van der Waals surface area contributed by atoms with Crippen LogP contribution in [-0.2, 0) is 4.79 Å². The van der Waals surface area contributed by atoms with Crippen molar-refractivity contribution in [3.05, 3.63) is 64.6 Å². The topological polar surface area (TPSA) is 89.0 Å². The zero-order valence-corrected chi connectivity index (χ0v) is 16.0. The number of para-hydroxylation sites is 1. The highest BCUT2D eigenvalue weighted by molar-refractivity contribution is 6.38. The van der Waals surface area contributed by atoms with Crippen LogP contribution < -0.4 is 5.32 Å². The number of H-pyrrole nitrogens is 1. The second kappa shape index (κ2) is 7.57. The van der Waals surface area contributed by atoms with Crippen LogP contribution in [0.2, 0.25) is 5.02 Å². The van der Waals surface area contributed by atoms with Crippen LogP contribution in [0.25, 0.3) is 10.9 Å². The molecule has 146 valence electrons. The van der Waals surface area contributed by atoms with Crippen LogP contribution in [0.4, 0.5) is 10.1 Å². The fraction of sp³-hybridized carbons (Fsp3) is 0.190. The molecular formula is C21H16ClFN4O2. The molecule has 0 bridgehead atoms. The van der Waals surface area contributed by atoms with E-state index >= 15 is 0 Å². The number of amides is 2. The van der Waals surface area contributed by atoms with Gasteiger partial charge in [0.05, 0.1) is 16.5 Å². The Kier molecular flexibility index (Phi) is 4.95. The lowest BCUT2D eigenvalue weighted by Crippen LogP contribution is -2.31. The summed E-state index contributed by atoms with van der Waals surface area (Å²) in [6.07, 6.45) is 0.502. The Morgan fingerprint density at radius 1 is 1.28 bits per heavy atom. The van der Waals surface area contributed by atoms with Crippen LogP contribution in [0, 0.1) is 23.1 Å². The molecule has 1 saturated heterocycles. The second-order valence-electron chi connectivity index (χ2n) is 6.89. The predicted octanol–water partition coefficient (Wildman–Crippen LogP) is 3.93. The van der Waals surface area contributed by atoms with Gasteiger partial charge in [0.25, 0.3) is 5.91 Å². The summed E-state index contributed by atoms with van der Waals surface area (Å²) in [5.74, 6) is -1.58. The number of rotatable bonds is 3. The van der Waals surface area contributed by atoms with Crippen molar-refractivity contribution in [2.45, 2.75) is 6.42 Å². The number of nitrogens with one attached hydrogen (secondary N) is 2. The van der Waals surface area contributed by atoms with Crippen molar-refractivity contribution in [3.8, 4) is 6.07 Å². The smallest absolute Gasteiger partial charge is 0.271 e. The van der Waals surface area contributed by atoms with E-state index in [0.717, 1.165) is 17.0 Å². The summed E-state index contributed by atoms with van der Waals surface area (Å²) < 4.78 is 13.4. The van der Waals surface area contributed by atoms with Gasteiger partial charge in [0.2, 0.25) is 5.91 Å². The number of benzene rings is 2. The first-order valence-corrected chi connectivity index (χ1v) is 9.41. The third-order valence-corrected chi connectivity index (χ3v) is 5.45. The molecule has 0 spiro atoms. The number of nitriles is 1. The van der Waals surface area contributed by atoms with Gasteiger partial charge in [0.15, 0.2) is 0 Å². The Morgan fingerprint density at radius 3 is 2.83 bits per heavy atom. The zero-order chi connectivity index (χ0) is 20.5. The number of carbonyl (C=O) groups excluding carboxylic acids is 2. The van der Waals surface area contributed by atoms with E-state index in [4.69, 9.17) is 16.9 Å². The minimum atomic E-state index is -0.640. The average molecular weight is 411 g/mol. The summed E-state index contributed by atoms with van der Waals surface area (Å²) in [5.41, 5.74) is 1.29. The first-order chi connectivity index (χ1) is 14.0. The molecule has 1 fully saturated rings. The molecule has 2 aromatic carbocycles. The highest BCUT2D eigenvalue weighted by Gasteiger charge is 2.33. The largest absolute Gasteiger partial charge is 0.349 e. The van der Waals surface area contributed by atoms with Crippen molar-refractivity contribution >= 4 is 40.0 Å². The Labute approximate surface area is 170 Å². The van der Waals surface area contributed by atoms with E-state index in [9.17, 15) is 14.0 Å². The monoisotopic (exact) mass is 410 g/mol. The van der Waals surface area contributed by atoms with E-state index < -0.39 is 11.7 Å². The number of aromatic amines is 1. The van der Waals surface area contributed by atoms with Crippen molar-refractivity contribution in [2.75, 3.05) is 18.4 Å². The van der Waals surface area contributed by atoms with E-state index in [1.165, 1.54) is 12.1 Å². The molecule has 2 heterocycles. The molecule has 2 amide bonds. The predicted molar refractivity (Wildman–Crippen MR) is 107 cm³/mol. The number of nitrogens with zero attached hydrogens (tertiary/aromatic N) is 2. The number of aromatic nitrogens is 1. The van der Waals surface area contributed by atoms with Crippen LogP contribution in [0.1, 0.15) is 22.5 Å². The third-order valence-electron chi connectivity index (χ3n) is 5.06. The molecular weight excluding hydrogens is 395 g/mol. The van der Waals surface area contributed by atoms with Crippen molar-refractivity contribution in [1.29, 1.82) is 5.26 Å². The zero-order valence-electron chi connectivity index (χ0n) is 15.2. The average Bonchev–Trinajstić information content (AvgIpc) is 3.35. The summed E-state index contributed by atoms with van der Waals surface area (Å²) in [5, 5.41) is 12.7. The molecule has 1 aliphatic rings. The Morgan fingerprint density at radius 2 is 2.07 bits per heavy atom. The molecule has 6 nitrogen and oxygen atoms in total. The second-order valence-corrected chi connectivity index (χ2v) is 7.27. The van der Waals surface area contributed by atoms with Crippen molar-refractivity contribution < 1.29 is 14.0 Å². The molecule has 8 heteroatoms. The van der Waals surface area contributed by atoms with Crippen molar-refractivity contribution in [2.24, 2.45) is 5.92 Å². The van der Waals surface area contributed by atoms with Crippen molar-refractivity contribution in [1.82, 2.24) is 9.88 Å². The van der Waals surface area contributed by atoms with E-state index in [-0.39, 0.29) is 23.9 Å². The van der Waals surface area contributed by atoms with Gasteiger partial charge < -0.3 is 15.2 Å². The molecule has 1 aliphatic heterocycles. The number of likely N-dealkylation sites (tertiary alicyclic amines) is 1. The maximum atomic E-state index is 13.4. The molecule has 29 heavy (non-hydrogen) atoms. The van der Waals surface area contributed by atoms with Gasteiger partial charge in [-0.15, -0.1) is 0 Å². The van der Waals surface area contributed by atoms with Crippen LogP contribution in [0.5, 0.6) is 0 Å². The number of fused-ring (bicyclic) bond motifs is 1. The summed E-state index contributed by atoms with van der Waals surface area (Å²) in [7, 11) is 0. The Bertz CT molecular complexity index is 1170. The molecule has 0 unspecified atom stereocenters. The summed E-state index contributed by atoms with van der Waals surface area (Å²) in [6, 6.07) is 12.9. The van der Waals surface area contributed by atoms with Gasteiger partial charge in [-0.25, -0.2) is 4.39 Å². The summed E-state index contributed by atoms with van der Waals surface area (Å²) >= 11 is 6.36.